The smallest absolute Gasteiger partial charge is 0.328 e. The molecule has 0 aromatic heterocycles. The van der Waals surface area contributed by atoms with Crippen LogP contribution in [0.25, 0.3) is 0 Å². The molecule has 3 rings (SSSR count). The van der Waals surface area contributed by atoms with Crippen LogP contribution in [-0.2, 0) is 28.7 Å². The highest BCUT2D eigenvalue weighted by Crippen LogP contribution is 2.21. The second-order valence-corrected chi connectivity index (χ2v) is 10.1. The van der Waals surface area contributed by atoms with Crippen molar-refractivity contribution >= 4 is 23.9 Å². The van der Waals surface area contributed by atoms with Crippen molar-refractivity contribution in [3.8, 4) is 0 Å². The Kier molecular flexibility index (Phi) is 16.3. The van der Waals surface area contributed by atoms with Gasteiger partial charge in [0.1, 0.15) is 13.2 Å². The third-order valence-electron chi connectivity index (χ3n) is 7.14. The maximum atomic E-state index is 12.6. The summed E-state index contributed by atoms with van der Waals surface area (Å²) in [5, 5.41) is 15.6. The number of carboxylic acid groups (broad SMARTS) is 2. The van der Waals surface area contributed by atoms with E-state index in [9.17, 15) is 19.2 Å². The summed E-state index contributed by atoms with van der Waals surface area (Å²) in [4.78, 5) is 49.0. The maximum absolute atomic E-state index is 12.6. The van der Waals surface area contributed by atoms with Gasteiger partial charge in [-0.3, -0.25) is 19.4 Å². The van der Waals surface area contributed by atoms with Gasteiger partial charge in [0.2, 0.25) is 0 Å². The lowest BCUT2D eigenvalue weighted by atomic mass is 9.97. The van der Waals surface area contributed by atoms with Crippen molar-refractivity contribution in [3.63, 3.8) is 0 Å². The summed E-state index contributed by atoms with van der Waals surface area (Å²) in [5.41, 5.74) is 2.03. The fourth-order valence-corrected chi connectivity index (χ4v) is 4.81. The minimum Gasteiger partial charge on any atom is -0.478 e. The van der Waals surface area contributed by atoms with Crippen LogP contribution in [0, 0.1) is 0 Å². The van der Waals surface area contributed by atoms with Gasteiger partial charge in [-0.1, -0.05) is 74.5 Å². The van der Waals surface area contributed by atoms with E-state index in [-0.39, 0.29) is 23.8 Å². The van der Waals surface area contributed by atoms with Crippen LogP contribution in [0.2, 0.25) is 0 Å². The van der Waals surface area contributed by atoms with Crippen LogP contribution >= 0.6 is 0 Å². The highest BCUT2D eigenvalue weighted by molar-refractivity contribution is 5.89. The number of nitrogens with zero attached hydrogens (tertiary/aromatic N) is 2. The highest BCUT2D eigenvalue weighted by atomic mass is 16.5. The zero-order valence-electron chi connectivity index (χ0n) is 25.1. The van der Waals surface area contributed by atoms with E-state index in [2.05, 4.69) is 9.80 Å². The van der Waals surface area contributed by atoms with E-state index in [0.29, 0.717) is 25.4 Å². The van der Waals surface area contributed by atoms with Crippen molar-refractivity contribution in [2.45, 2.75) is 44.9 Å². The summed E-state index contributed by atoms with van der Waals surface area (Å²) in [6, 6.07) is 19.7. The first-order valence-electron chi connectivity index (χ1n) is 14.8. The zero-order chi connectivity index (χ0) is 31.5. The number of carboxylic acids is 2. The largest absolute Gasteiger partial charge is 0.478 e. The van der Waals surface area contributed by atoms with E-state index in [1.54, 1.807) is 0 Å². The Bertz CT molecular complexity index is 1070. The first-order valence-corrected chi connectivity index (χ1v) is 14.8. The number of hydrogen-bond donors (Lipinski definition) is 2. The van der Waals surface area contributed by atoms with Crippen LogP contribution in [0.5, 0.6) is 0 Å². The number of benzene rings is 2. The Morgan fingerprint density at radius 3 is 1.37 bits per heavy atom. The fourth-order valence-electron chi connectivity index (χ4n) is 4.81. The van der Waals surface area contributed by atoms with Gasteiger partial charge in [-0.2, -0.15) is 0 Å². The molecule has 1 saturated heterocycles. The van der Waals surface area contributed by atoms with Crippen LogP contribution in [0.1, 0.15) is 56.1 Å². The lowest BCUT2D eigenvalue weighted by molar-refractivity contribution is -0.147. The molecule has 1 heterocycles. The molecule has 0 bridgehead atoms. The number of aliphatic carboxylic acids is 2. The summed E-state index contributed by atoms with van der Waals surface area (Å²) in [6.45, 7) is 10.2. The predicted molar refractivity (Wildman–Crippen MR) is 163 cm³/mol. The SMILES string of the molecule is CCC(C(=O)OCCN1CCCN(CCOC(=O)C(CC)c2ccccc2)CC1)c1ccccc1.O=C(O)/C=C\C(=O)O. The minimum atomic E-state index is -1.26. The van der Waals surface area contributed by atoms with Gasteiger partial charge in [0, 0.05) is 38.3 Å². The fraction of sp³-hybridized carbons (Fsp3) is 0.455. The standard InChI is InChI=1S/C29H40N2O4.C4H4O4/c1-3-26(24-12-7-5-8-13-24)28(32)34-22-20-30-16-11-17-31(19-18-30)21-23-35-29(33)27(4-2)25-14-9-6-10-15-25;5-3(6)1-2-4(7)8/h5-10,12-15,26-27H,3-4,11,16-23H2,1-2H3;1-2H,(H,5,6)(H,7,8)/b;2-1-. The topological polar surface area (TPSA) is 134 Å². The van der Waals surface area contributed by atoms with Crippen molar-refractivity contribution < 1.29 is 38.9 Å². The molecule has 1 fully saturated rings. The average Bonchev–Trinajstić information content (AvgIpc) is 3.23. The van der Waals surface area contributed by atoms with Crippen molar-refractivity contribution in [1.82, 2.24) is 9.80 Å². The molecule has 1 aliphatic rings. The van der Waals surface area contributed by atoms with Gasteiger partial charge in [-0.15, -0.1) is 0 Å². The van der Waals surface area contributed by atoms with Crippen LogP contribution in [0.15, 0.2) is 72.8 Å². The average molecular weight is 597 g/mol. The second-order valence-electron chi connectivity index (χ2n) is 10.1. The van der Waals surface area contributed by atoms with Crippen LogP contribution < -0.4 is 0 Å². The van der Waals surface area contributed by atoms with Gasteiger partial charge < -0.3 is 19.7 Å². The molecule has 43 heavy (non-hydrogen) atoms. The van der Waals surface area contributed by atoms with Crippen molar-refractivity contribution in [3.05, 3.63) is 83.9 Å². The van der Waals surface area contributed by atoms with Crippen molar-refractivity contribution in [2.75, 3.05) is 52.5 Å². The molecule has 10 heteroatoms. The summed E-state index contributed by atoms with van der Waals surface area (Å²) in [6.07, 6.45) is 3.63. The summed E-state index contributed by atoms with van der Waals surface area (Å²) in [5.74, 6) is -3.20. The molecule has 0 spiro atoms. The summed E-state index contributed by atoms with van der Waals surface area (Å²) >= 11 is 0. The maximum Gasteiger partial charge on any atom is 0.328 e. The van der Waals surface area contributed by atoms with Crippen LogP contribution in [0.4, 0.5) is 0 Å². The minimum absolute atomic E-state index is 0.141. The Morgan fingerprint density at radius 1 is 0.674 bits per heavy atom. The van der Waals surface area contributed by atoms with Gasteiger partial charge in [-0.25, -0.2) is 9.59 Å². The van der Waals surface area contributed by atoms with Crippen molar-refractivity contribution in [1.29, 1.82) is 0 Å². The van der Waals surface area contributed by atoms with E-state index >= 15 is 0 Å². The molecule has 1 aliphatic heterocycles. The third-order valence-corrected chi connectivity index (χ3v) is 7.14. The lowest BCUT2D eigenvalue weighted by Gasteiger charge is -2.22. The van der Waals surface area contributed by atoms with Gasteiger partial charge in [0.05, 0.1) is 11.8 Å². The van der Waals surface area contributed by atoms with E-state index in [1.165, 1.54) is 0 Å². The number of esters is 2. The predicted octanol–water partition coefficient (Wildman–Crippen LogP) is 4.18. The number of carbonyl (C=O) groups excluding carboxylic acids is 2. The molecule has 2 N–H and O–H groups in total. The molecule has 2 aromatic carbocycles. The lowest BCUT2D eigenvalue weighted by Crippen LogP contribution is -2.35. The van der Waals surface area contributed by atoms with E-state index in [1.807, 2.05) is 74.5 Å². The molecule has 0 amide bonds. The Balaban J connectivity index is 0.000000708. The molecule has 10 nitrogen and oxygen atoms in total. The highest BCUT2D eigenvalue weighted by Gasteiger charge is 2.22. The van der Waals surface area contributed by atoms with Crippen LogP contribution in [-0.4, -0.2) is 96.4 Å². The number of ether oxygens (including phenoxy) is 2. The molecule has 2 atom stereocenters. The first-order chi connectivity index (χ1) is 20.7. The zero-order valence-corrected chi connectivity index (χ0v) is 25.1. The van der Waals surface area contributed by atoms with Crippen molar-refractivity contribution in [2.24, 2.45) is 0 Å². The normalized spacial score (nSPS) is 15.4. The van der Waals surface area contributed by atoms with E-state index in [0.717, 1.165) is 69.7 Å². The number of rotatable bonds is 14. The second kappa shape index (κ2) is 20.0. The monoisotopic (exact) mass is 596 g/mol. The number of carbonyl (C=O) groups is 4. The molecular formula is C33H44N2O8. The van der Waals surface area contributed by atoms with Gasteiger partial charge in [0.15, 0.2) is 0 Å². The quantitative estimate of drug-likeness (QED) is 0.242. The summed E-state index contributed by atoms with van der Waals surface area (Å²) < 4.78 is 11.3. The molecular weight excluding hydrogens is 552 g/mol. The van der Waals surface area contributed by atoms with Gasteiger partial charge in [-0.05, 0) is 43.5 Å². The summed E-state index contributed by atoms with van der Waals surface area (Å²) in [7, 11) is 0. The number of hydrogen-bond acceptors (Lipinski definition) is 8. The molecule has 0 aliphatic carbocycles. The third kappa shape index (κ3) is 13.7. The molecule has 0 radical (unpaired) electrons. The molecule has 0 saturated carbocycles. The Morgan fingerprint density at radius 2 is 1.05 bits per heavy atom. The van der Waals surface area contributed by atoms with Gasteiger partial charge in [0.25, 0.3) is 0 Å². The first kappa shape index (κ1) is 35.2. The Labute approximate surface area is 253 Å². The van der Waals surface area contributed by atoms with E-state index in [4.69, 9.17) is 19.7 Å². The molecule has 234 valence electrons. The molecule has 2 unspecified atom stereocenters. The Hall–Kier alpha value is -4.02. The van der Waals surface area contributed by atoms with Gasteiger partial charge >= 0.3 is 23.9 Å². The van der Waals surface area contributed by atoms with Crippen LogP contribution in [0.3, 0.4) is 0 Å². The molecule has 2 aromatic rings. The van der Waals surface area contributed by atoms with E-state index < -0.39 is 11.9 Å².